The number of fused-ring (bicyclic) bond motifs is 2. The number of anilines is 1. The van der Waals surface area contributed by atoms with Crippen LogP contribution in [-0.4, -0.2) is 71.8 Å². The average Bonchev–Trinajstić information content (AvgIpc) is 3.87. The number of nitrogens with one attached hydrogen (secondary N) is 2. The number of primary sulfonamides is 1. The van der Waals surface area contributed by atoms with Gasteiger partial charge in [-0.1, -0.05) is 0 Å². The van der Waals surface area contributed by atoms with Gasteiger partial charge < -0.3 is 19.5 Å². The third-order valence-corrected chi connectivity index (χ3v) is 11.0. The van der Waals surface area contributed by atoms with E-state index in [2.05, 4.69) is 20.0 Å². The van der Waals surface area contributed by atoms with Crippen molar-refractivity contribution < 1.29 is 44.6 Å². The second kappa shape index (κ2) is 20.7. The van der Waals surface area contributed by atoms with E-state index in [4.69, 9.17) is 19.9 Å². The largest absolute Gasteiger partial charge is 0.387 e. The highest BCUT2D eigenvalue weighted by molar-refractivity contribution is 7.90. The minimum Gasteiger partial charge on any atom is -0.387 e. The van der Waals surface area contributed by atoms with Gasteiger partial charge in [0, 0.05) is 68.9 Å². The van der Waals surface area contributed by atoms with Crippen molar-refractivity contribution >= 4 is 31.8 Å². The Kier molecular flexibility index (Phi) is 16.2. The highest BCUT2D eigenvalue weighted by atomic mass is 32.2. The Morgan fingerprint density at radius 3 is 1.80 bits per heavy atom. The van der Waals surface area contributed by atoms with E-state index in [-0.39, 0.29) is 36.2 Å². The van der Waals surface area contributed by atoms with Crippen LogP contribution in [0.2, 0.25) is 0 Å². The number of methoxy groups -OCH3 is 2. The average molecular weight is 815 g/mol. The van der Waals surface area contributed by atoms with Crippen LogP contribution in [0, 0.1) is 23.2 Å². The number of urea groups is 1. The number of hydrogen-bond donors (Lipinski definition) is 3. The van der Waals surface area contributed by atoms with E-state index in [0.29, 0.717) is 77.1 Å². The van der Waals surface area contributed by atoms with Crippen molar-refractivity contribution in [3.05, 3.63) is 95.1 Å². The SMILES string of the molecule is COCCCS(=O)(=O)NC(=O)Nc1c(-c2ccncc2)cc(F)c2c1CCC2.COCCCS(N)(=O)=O.N#COc1c(-c2ccncc2)cc(F)c2c1CCC2. The molecule has 300 valence electrons. The molecule has 2 aliphatic carbocycles. The lowest BCUT2D eigenvalue weighted by Gasteiger charge is -2.17. The van der Waals surface area contributed by atoms with Crippen LogP contribution in [0.4, 0.5) is 19.3 Å². The van der Waals surface area contributed by atoms with Crippen molar-refractivity contribution in [2.24, 2.45) is 5.14 Å². The number of nitrogens with zero attached hydrogens (tertiary/aromatic N) is 3. The maximum absolute atomic E-state index is 14.5. The second-order valence-electron chi connectivity index (χ2n) is 12.7. The van der Waals surface area contributed by atoms with Crippen LogP contribution >= 0.6 is 0 Å². The molecule has 6 rings (SSSR count). The summed E-state index contributed by atoms with van der Waals surface area (Å²) >= 11 is 0. The predicted octanol–water partition coefficient (Wildman–Crippen LogP) is 5.41. The molecule has 0 unspecified atom stereocenters. The summed E-state index contributed by atoms with van der Waals surface area (Å²) in [6, 6.07) is 8.93. The van der Waals surface area contributed by atoms with Crippen LogP contribution in [0.5, 0.6) is 5.75 Å². The van der Waals surface area contributed by atoms with Crippen molar-refractivity contribution in [3.63, 3.8) is 0 Å². The summed E-state index contributed by atoms with van der Waals surface area (Å²) in [6.45, 7) is 0.719. The van der Waals surface area contributed by atoms with Crippen molar-refractivity contribution in [2.45, 2.75) is 51.4 Å². The zero-order chi connectivity index (χ0) is 40.7. The van der Waals surface area contributed by atoms with E-state index in [1.54, 1.807) is 55.3 Å². The molecular formula is C38H44F2N6O8S2. The lowest BCUT2D eigenvalue weighted by molar-refractivity contribution is 0.199. The van der Waals surface area contributed by atoms with Gasteiger partial charge in [-0.3, -0.25) is 9.97 Å². The minimum absolute atomic E-state index is 0.000833. The number of pyridine rings is 2. The van der Waals surface area contributed by atoms with E-state index in [9.17, 15) is 30.4 Å². The molecule has 0 radical (unpaired) electrons. The van der Waals surface area contributed by atoms with E-state index in [1.165, 1.54) is 26.4 Å². The number of carbonyl (C=O) groups excluding carboxylic acids is 1. The first-order valence-electron chi connectivity index (χ1n) is 17.6. The summed E-state index contributed by atoms with van der Waals surface area (Å²) in [5.41, 5.74) is 5.81. The molecule has 0 fully saturated rings. The molecule has 2 heterocycles. The molecule has 18 heteroatoms. The molecule has 2 aliphatic rings. The number of rotatable bonds is 13. The number of nitrogens with two attached hydrogens (primary N) is 1. The van der Waals surface area contributed by atoms with Gasteiger partial charge in [-0.25, -0.2) is 40.3 Å². The highest BCUT2D eigenvalue weighted by Gasteiger charge is 2.26. The molecular weight excluding hydrogens is 771 g/mol. The fraction of sp³-hybridized carbons (Fsp3) is 0.368. The Morgan fingerprint density at radius 1 is 0.786 bits per heavy atom. The fourth-order valence-electron chi connectivity index (χ4n) is 6.37. The number of sulfonamides is 2. The number of benzene rings is 2. The first-order chi connectivity index (χ1) is 26.8. The molecule has 0 aliphatic heterocycles. The maximum atomic E-state index is 14.5. The van der Waals surface area contributed by atoms with Gasteiger partial charge >= 0.3 is 6.03 Å². The summed E-state index contributed by atoms with van der Waals surface area (Å²) in [4.78, 5) is 20.3. The molecule has 2 amide bonds. The van der Waals surface area contributed by atoms with Gasteiger partial charge in [0.05, 0.1) is 17.2 Å². The number of ether oxygens (including phenoxy) is 3. The Bertz CT molecular complexity index is 2220. The van der Waals surface area contributed by atoms with Crippen LogP contribution in [-0.2, 0) is 55.2 Å². The standard InChI is InChI=1S/C19H22FN3O4S.C15H11FN2O.C4H11NO3S/c1-27-10-3-11-28(25,26)23-19(24)22-18-15-5-2-4-14(15)17(20)12-16(18)13-6-8-21-9-7-13;16-14-8-13(10-4-6-18-7-5-10)15(19-9-17)12-3-1-2-11(12)14;1-8-3-2-4-9(5,6)7/h6-9,12H,2-5,10-11H2,1H3,(H2,22,23,24);4-8H,1-3H2;2-4H2,1H3,(H2,5,6,7). The van der Waals surface area contributed by atoms with Crippen LogP contribution < -0.4 is 19.9 Å². The third kappa shape index (κ3) is 12.5. The number of aromatic nitrogens is 2. The Balaban J connectivity index is 0.000000213. The zero-order valence-corrected chi connectivity index (χ0v) is 32.6. The molecule has 0 saturated heterocycles. The van der Waals surface area contributed by atoms with Gasteiger partial charge in [0.1, 0.15) is 11.6 Å². The normalized spacial score (nSPS) is 12.9. The monoisotopic (exact) mass is 814 g/mol. The fourth-order valence-corrected chi connectivity index (χ4v) is 7.82. The number of hydrogen-bond acceptors (Lipinski definition) is 11. The van der Waals surface area contributed by atoms with Gasteiger partial charge in [-0.05, 0) is 116 Å². The Morgan fingerprint density at radius 2 is 1.27 bits per heavy atom. The van der Waals surface area contributed by atoms with Gasteiger partial charge in [-0.15, -0.1) is 5.26 Å². The summed E-state index contributed by atoms with van der Waals surface area (Å²) in [6.07, 6.45) is 13.2. The van der Waals surface area contributed by atoms with E-state index < -0.39 is 26.1 Å². The van der Waals surface area contributed by atoms with Crippen LogP contribution in [0.1, 0.15) is 47.9 Å². The van der Waals surface area contributed by atoms with Gasteiger partial charge in [0.25, 0.3) is 6.26 Å². The Hall–Kier alpha value is -5.06. The van der Waals surface area contributed by atoms with Crippen LogP contribution in [0.15, 0.2) is 61.2 Å². The Labute approximate surface area is 325 Å². The van der Waals surface area contributed by atoms with Gasteiger partial charge in [0.2, 0.25) is 20.0 Å². The van der Waals surface area contributed by atoms with Crippen molar-refractivity contribution in [2.75, 3.05) is 44.3 Å². The molecule has 2 aromatic carbocycles. The quantitative estimate of drug-likeness (QED) is 0.115. The zero-order valence-electron chi connectivity index (χ0n) is 31.0. The first kappa shape index (κ1) is 43.7. The van der Waals surface area contributed by atoms with E-state index >= 15 is 0 Å². The van der Waals surface area contributed by atoms with Crippen molar-refractivity contribution in [1.29, 1.82) is 5.26 Å². The van der Waals surface area contributed by atoms with Gasteiger partial charge in [0.15, 0.2) is 5.75 Å². The summed E-state index contributed by atoms with van der Waals surface area (Å²) < 4.78 is 89.8. The second-order valence-corrected chi connectivity index (χ2v) is 16.3. The molecule has 0 bridgehead atoms. The molecule has 4 N–H and O–H groups in total. The lowest BCUT2D eigenvalue weighted by atomic mass is 9.97. The highest BCUT2D eigenvalue weighted by Crippen LogP contribution is 2.41. The molecule has 0 saturated carbocycles. The third-order valence-electron chi connectivity index (χ3n) is 8.80. The van der Waals surface area contributed by atoms with Crippen molar-refractivity contribution in [1.82, 2.24) is 14.7 Å². The summed E-state index contributed by atoms with van der Waals surface area (Å²) in [5.74, 6) is -0.280. The smallest absolute Gasteiger partial charge is 0.332 e. The van der Waals surface area contributed by atoms with Crippen LogP contribution in [0.3, 0.4) is 0 Å². The number of carbonyl (C=O) groups is 1. The first-order valence-corrected chi connectivity index (χ1v) is 21.0. The van der Waals surface area contributed by atoms with Crippen molar-refractivity contribution in [3.8, 4) is 34.3 Å². The van der Waals surface area contributed by atoms with Gasteiger partial charge in [-0.2, -0.15) is 0 Å². The number of halogens is 2. The minimum atomic E-state index is -3.80. The van der Waals surface area contributed by atoms with Crippen LogP contribution in [0.25, 0.3) is 22.3 Å². The molecule has 4 aromatic rings. The number of nitriles is 1. The lowest BCUT2D eigenvalue weighted by Crippen LogP contribution is -2.36. The predicted molar refractivity (Wildman–Crippen MR) is 206 cm³/mol. The molecule has 56 heavy (non-hydrogen) atoms. The maximum Gasteiger partial charge on any atom is 0.332 e. The molecule has 2 aromatic heterocycles. The molecule has 0 atom stereocenters. The topological polar surface area (TPSA) is 213 Å². The molecule has 14 nitrogen and oxygen atoms in total. The summed E-state index contributed by atoms with van der Waals surface area (Å²) in [7, 11) is -4.08. The number of amides is 2. The van der Waals surface area contributed by atoms with E-state index in [1.807, 2.05) is 4.72 Å². The van der Waals surface area contributed by atoms with E-state index in [0.717, 1.165) is 30.4 Å². The molecule has 0 spiro atoms. The summed E-state index contributed by atoms with van der Waals surface area (Å²) in [5, 5.41) is 16.1.